The summed E-state index contributed by atoms with van der Waals surface area (Å²) < 4.78 is 7.17. The van der Waals surface area contributed by atoms with Crippen LogP contribution in [0.1, 0.15) is 25.0 Å². The van der Waals surface area contributed by atoms with E-state index in [1.54, 1.807) is 0 Å². The molecule has 0 aromatic heterocycles. The van der Waals surface area contributed by atoms with E-state index >= 15 is 0 Å². The third kappa shape index (κ3) is 4.31. The normalized spacial score (nSPS) is 24.2. The standard InChI is InChI=1S/C34H33OP/c1-34(2)29-20-12-19-28(25-15-8-4-9-16-25)32(29)35-33-30(36-27-17-10-5-11-18-27)22-21-26(31(33)34)23-24-13-6-3-7-14-24/h3-22,26,30-31,33,36H,23H2,1-2H3/t26-,30?,31?,33?/m1/s1. The van der Waals surface area contributed by atoms with E-state index in [4.69, 9.17) is 4.74 Å². The molecule has 0 saturated carbocycles. The van der Waals surface area contributed by atoms with Gasteiger partial charge in [0, 0.05) is 28.1 Å². The summed E-state index contributed by atoms with van der Waals surface area (Å²) in [4.78, 5) is 0. The van der Waals surface area contributed by atoms with Gasteiger partial charge in [0.1, 0.15) is 11.9 Å². The number of hydrogen-bond donors (Lipinski definition) is 0. The quantitative estimate of drug-likeness (QED) is 0.206. The van der Waals surface area contributed by atoms with Crippen molar-refractivity contribution < 1.29 is 4.74 Å². The van der Waals surface area contributed by atoms with Crippen molar-refractivity contribution in [2.24, 2.45) is 11.8 Å². The predicted octanol–water partition coefficient (Wildman–Crippen LogP) is 7.81. The van der Waals surface area contributed by atoms with Gasteiger partial charge in [0.05, 0.1) is 0 Å². The van der Waals surface area contributed by atoms with E-state index in [9.17, 15) is 0 Å². The summed E-state index contributed by atoms with van der Waals surface area (Å²) in [5, 5.41) is 1.40. The van der Waals surface area contributed by atoms with Gasteiger partial charge in [-0.15, -0.1) is 0 Å². The Hall–Kier alpha value is -3.15. The lowest BCUT2D eigenvalue weighted by molar-refractivity contribution is 0.0337. The lowest BCUT2D eigenvalue weighted by atomic mass is 9.60. The second-order valence-electron chi connectivity index (χ2n) is 10.7. The van der Waals surface area contributed by atoms with E-state index in [2.05, 4.69) is 135 Å². The summed E-state index contributed by atoms with van der Waals surface area (Å²) in [7, 11) is 0.686. The minimum atomic E-state index is -0.0212. The Kier molecular flexibility index (Phi) is 6.28. The zero-order valence-corrected chi connectivity index (χ0v) is 22.0. The number of ether oxygens (including phenoxy) is 1. The summed E-state index contributed by atoms with van der Waals surface area (Å²) in [6.07, 6.45) is 6.15. The van der Waals surface area contributed by atoms with Crippen LogP contribution in [0.15, 0.2) is 121 Å². The second kappa shape index (κ2) is 9.72. The van der Waals surface area contributed by atoms with Crippen LogP contribution in [-0.2, 0) is 11.8 Å². The lowest BCUT2D eigenvalue weighted by Crippen LogP contribution is -2.54. The van der Waals surface area contributed by atoms with Crippen molar-refractivity contribution in [2.45, 2.75) is 37.4 Å². The highest BCUT2D eigenvalue weighted by molar-refractivity contribution is 7.48. The highest BCUT2D eigenvalue weighted by Crippen LogP contribution is 2.55. The summed E-state index contributed by atoms with van der Waals surface area (Å²) in [6, 6.07) is 39.3. The largest absolute Gasteiger partial charge is 0.488 e. The number of para-hydroxylation sites is 1. The van der Waals surface area contributed by atoms with Gasteiger partial charge in [-0.1, -0.05) is 144 Å². The minimum absolute atomic E-state index is 0.0212. The summed E-state index contributed by atoms with van der Waals surface area (Å²) in [5.74, 6) is 1.90. The molecular formula is C34H33OP. The average molecular weight is 489 g/mol. The van der Waals surface area contributed by atoms with Crippen LogP contribution in [0, 0.1) is 11.8 Å². The topological polar surface area (TPSA) is 9.23 Å². The molecule has 0 radical (unpaired) electrons. The van der Waals surface area contributed by atoms with Gasteiger partial charge >= 0.3 is 0 Å². The maximum absolute atomic E-state index is 7.17. The first-order valence-electron chi connectivity index (χ1n) is 13.0. The molecule has 4 unspecified atom stereocenters. The molecule has 1 heterocycles. The molecule has 1 nitrogen and oxygen atoms in total. The molecule has 2 heteroatoms. The van der Waals surface area contributed by atoms with Crippen molar-refractivity contribution >= 4 is 13.9 Å². The first kappa shape index (κ1) is 23.3. The van der Waals surface area contributed by atoms with Crippen LogP contribution in [0.2, 0.25) is 0 Å². The Morgan fingerprint density at radius 3 is 2.11 bits per heavy atom. The first-order valence-corrected chi connectivity index (χ1v) is 14.1. The van der Waals surface area contributed by atoms with Crippen LogP contribution < -0.4 is 10.0 Å². The molecule has 0 fully saturated rings. The van der Waals surface area contributed by atoms with E-state index in [-0.39, 0.29) is 11.5 Å². The molecule has 36 heavy (non-hydrogen) atoms. The third-order valence-corrected chi connectivity index (χ3v) is 9.56. The Labute approximate surface area is 217 Å². The van der Waals surface area contributed by atoms with Crippen LogP contribution in [0.5, 0.6) is 5.75 Å². The first-order chi connectivity index (χ1) is 17.6. The van der Waals surface area contributed by atoms with Crippen LogP contribution >= 0.6 is 8.58 Å². The molecule has 1 aliphatic carbocycles. The molecule has 0 N–H and O–H groups in total. The summed E-state index contributed by atoms with van der Waals surface area (Å²) >= 11 is 0. The summed E-state index contributed by atoms with van der Waals surface area (Å²) in [6.45, 7) is 4.89. The van der Waals surface area contributed by atoms with Gasteiger partial charge in [-0.25, -0.2) is 0 Å². The predicted molar refractivity (Wildman–Crippen MR) is 154 cm³/mol. The number of benzene rings is 4. The molecule has 5 atom stereocenters. The number of hydrogen-bond acceptors (Lipinski definition) is 1. The lowest BCUT2D eigenvalue weighted by Gasteiger charge is -2.52. The number of fused-ring (bicyclic) bond motifs is 2. The molecule has 0 bridgehead atoms. The molecule has 4 aromatic carbocycles. The Morgan fingerprint density at radius 1 is 0.722 bits per heavy atom. The average Bonchev–Trinajstić information content (AvgIpc) is 2.91. The fraction of sp³-hybridized carbons (Fsp3) is 0.235. The Balaban J connectivity index is 1.45. The van der Waals surface area contributed by atoms with Crippen LogP contribution in [0.3, 0.4) is 0 Å². The number of allylic oxidation sites excluding steroid dienone is 1. The van der Waals surface area contributed by atoms with E-state index in [0.717, 1.165) is 12.2 Å². The highest BCUT2D eigenvalue weighted by atomic mass is 31.1. The minimum Gasteiger partial charge on any atom is -0.488 e. The molecule has 4 aromatic rings. The van der Waals surface area contributed by atoms with Crippen molar-refractivity contribution in [1.82, 2.24) is 0 Å². The van der Waals surface area contributed by atoms with Gasteiger partial charge in [-0.3, -0.25) is 0 Å². The fourth-order valence-corrected chi connectivity index (χ4v) is 7.74. The van der Waals surface area contributed by atoms with Gasteiger partial charge in [0.15, 0.2) is 0 Å². The van der Waals surface area contributed by atoms with Gasteiger partial charge in [0.2, 0.25) is 0 Å². The van der Waals surface area contributed by atoms with Crippen molar-refractivity contribution in [2.75, 3.05) is 0 Å². The zero-order chi connectivity index (χ0) is 24.5. The maximum atomic E-state index is 7.17. The van der Waals surface area contributed by atoms with Crippen molar-refractivity contribution in [3.05, 3.63) is 132 Å². The Bertz CT molecular complexity index is 1340. The zero-order valence-electron chi connectivity index (χ0n) is 21.0. The van der Waals surface area contributed by atoms with E-state index in [1.165, 1.54) is 27.6 Å². The molecule has 1 aliphatic heterocycles. The molecule has 180 valence electrons. The fourth-order valence-electron chi connectivity index (χ4n) is 6.32. The maximum Gasteiger partial charge on any atom is 0.131 e. The van der Waals surface area contributed by atoms with Crippen LogP contribution in [-0.4, -0.2) is 11.8 Å². The molecular weight excluding hydrogens is 455 g/mol. The monoisotopic (exact) mass is 488 g/mol. The van der Waals surface area contributed by atoms with Crippen molar-refractivity contribution in [3.8, 4) is 16.9 Å². The molecule has 2 aliphatic rings. The molecule has 0 spiro atoms. The van der Waals surface area contributed by atoms with Crippen molar-refractivity contribution in [3.63, 3.8) is 0 Å². The number of rotatable bonds is 5. The second-order valence-corrected chi connectivity index (χ2v) is 12.2. The van der Waals surface area contributed by atoms with E-state index < -0.39 is 0 Å². The van der Waals surface area contributed by atoms with Gasteiger partial charge in [-0.05, 0) is 28.8 Å². The summed E-state index contributed by atoms with van der Waals surface area (Å²) in [5.41, 5.74) is 5.50. The molecule has 0 amide bonds. The smallest absolute Gasteiger partial charge is 0.131 e. The van der Waals surface area contributed by atoms with Gasteiger partial charge < -0.3 is 4.74 Å². The third-order valence-electron chi connectivity index (χ3n) is 8.04. The van der Waals surface area contributed by atoms with E-state index in [0.29, 0.717) is 26.1 Å². The van der Waals surface area contributed by atoms with Crippen LogP contribution in [0.25, 0.3) is 11.1 Å². The molecule has 0 saturated heterocycles. The van der Waals surface area contributed by atoms with E-state index in [1.807, 2.05) is 0 Å². The highest BCUT2D eigenvalue weighted by Gasteiger charge is 2.51. The SMILES string of the molecule is CC1(C)c2cccc(-c3ccccc3)c2OC2C(Pc3ccccc3)C=C[C@H](Cc3ccccc3)C21. The Morgan fingerprint density at radius 2 is 1.39 bits per heavy atom. The van der Waals surface area contributed by atoms with Crippen LogP contribution in [0.4, 0.5) is 0 Å². The van der Waals surface area contributed by atoms with Crippen molar-refractivity contribution in [1.29, 1.82) is 0 Å². The van der Waals surface area contributed by atoms with Gasteiger partial charge in [0.25, 0.3) is 0 Å². The van der Waals surface area contributed by atoms with Gasteiger partial charge in [-0.2, -0.15) is 0 Å². The molecule has 6 rings (SSSR count).